The van der Waals surface area contributed by atoms with Gasteiger partial charge in [-0.25, -0.2) is 9.78 Å². The van der Waals surface area contributed by atoms with Crippen LogP contribution in [0.15, 0.2) is 64.7 Å². The highest BCUT2D eigenvalue weighted by molar-refractivity contribution is 7.12. The van der Waals surface area contributed by atoms with Gasteiger partial charge < -0.3 is 14.5 Å². The van der Waals surface area contributed by atoms with E-state index in [4.69, 9.17) is 9.15 Å². The first kappa shape index (κ1) is 20.6. The van der Waals surface area contributed by atoms with Gasteiger partial charge in [-0.2, -0.15) is 0 Å². The molecule has 0 spiro atoms. The molecule has 0 aliphatic rings. The fraction of sp³-hybridized carbons (Fsp3) is 0.174. The highest BCUT2D eigenvalue weighted by Crippen LogP contribution is 2.23. The number of carbonyl (C=O) groups is 2. The van der Waals surface area contributed by atoms with Gasteiger partial charge in [0.25, 0.3) is 0 Å². The highest BCUT2D eigenvalue weighted by Gasteiger charge is 2.20. The summed E-state index contributed by atoms with van der Waals surface area (Å²) >= 11 is 1.49. The van der Waals surface area contributed by atoms with E-state index in [0.29, 0.717) is 23.4 Å². The second-order valence-electron chi connectivity index (χ2n) is 6.91. The Hall–Kier alpha value is -3.65. The van der Waals surface area contributed by atoms with Gasteiger partial charge in [-0.3, -0.25) is 9.36 Å². The van der Waals surface area contributed by atoms with Crippen molar-refractivity contribution in [1.82, 2.24) is 9.55 Å². The minimum Gasteiger partial charge on any atom is -0.467 e. The van der Waals surface area contributed by atoms with Crippen molar-refractivity contribution >= 4 is 28.8 Å². The minimum absolute atomic E-state index is 0.259. The number of furan rings is 1. The van der Waals surface area contributed by atoms with Gasteiger partial charge in [0.15, 0.2) is 11.7 Å². The lowest BCUT2D eigenvalue weighted by Gasteiger charge is -2.11. The largest absolute Gasteiger partial charge is 0.467 e. The average molecular weight is 436 g/mol. The summed E-state index contributed by atoms with van der Waals surface area (Å²) in [5.74, 6) is -0.0798. The number of hydrogen-bond donors (Lipinski definition) is 1. The molecule has 0 amide bonds. The Morgan fingerprint density at radius 3 is 2.74 bits per heavy atom. The highest BCUT2D eigenvalue weighted by atomic mass is 32.1. The Labute approximate surface area is 183 Å². The van der Waals surface area contributed by atoms with Crippen molar-refractivity contribution in [3.63, 3.8) is 0 Å². The van der Waals surface area contributed by atoms with Crippen LogP contribution in [0.25, 0.3) is 5.13 Å². The number of thiazole rings is 1. The molecule has 0 radical (unpaired) electrons. The number of nitrogens with zero attached hydrogens (tertiary/aromatic N) is 2. The quantitative estimate of drug-likeness (QED) is 0.316. The number of para-hydroxylation sites is 1. The Morgan fingerprint density at radius 1 is 1.16 bits per heavy atom. The number of nitrogens with one attached hydrogen (secondary N) is 1. The molecule has 0 unspecified atom stereocenters. The maximum atomic E-state index is 12.8. The van der Waals surface area contributed by atoms with Gasteiger partial charge >= 0.3 is 5.97 Å². The van der Waals surface area contributed by atoms with Crippen LogP contribution in [-0.2, 0) is 11.3 Å². The van der Waals surface area contributed by atoms with Crippen molar-refractivity contribution in [3.05, 3.63) is 88.6 Å². The zero-order valence-corrected chi connectivity index (χ0v) is 17.9. The fourth-order valence-corrected chi connectivity index (χ4v) is 4.11. The Kier molecular flexibility index (Phi) is 5.99. The minimum atomic E-state index is -0.565. The standard InChI is InChI=1S/C23H21N3O4S/c1-15-12-19(16(2)26(15)23-24-9-11-31-23)21(27)14-30-22(28)18-7-3-4-8-20(18)25-13-17-6-5-10-29-17/h3-12,25H,13-14H2,1-2H3. The molecule has 0 saturated carbocycles. The molecule has 0 saturated heterocycles. The molecule has 0 aliphatic carbocycles. The van der Waals surface area contributed by atoms with Crippen molar-refractivity contribution in [1.29, 1.82) is 0 Å². The number of aromatic nitrogens is 2. The molecule has 0 fully saturated rings. The van der Waals surface area contributed by atoms with Crippen molar-refractivity contribution in [2.45, 2.75) is 20.4 Å². The number of aryl methyl sites for hydroxylation is 1. The molecule has 31 heavy (non-hydrogen) atoms. The Balaban J connectivity index is 1.44. The van der Waals surface area contributed by atoms with Crippen molar-refractivity contribution in [2.75, 3.05) is 11.9 Å². The third-order valence-electron chi connectivity index (χ3n) is 4.86. The van der Waals surface area contributed by atoms with Gasteiger partial charge in [0.05, 0.1) is 18.4 Å². The molecule has 3 heterocycles. The van der Waals surface area contributed by atoms with E-state index in [1.165, 1.54) is 11.3 Å². The van der Waals surface area contributed by atoms with Crippen LogP contribution in [0.2, 0.25) is 0 Å². The SMILES string of the molecule is Cc1cc(C(=O)COC(=O)c2ccccc2NCc2ccco2)c(C)n1-c1nccs1. The maximum absolute atomic E-state index is 12.8. The van der Waals surface area contributed by atoms with Crippen LogP contribution in [-0.4, -0.2) is 27.9 Å². The van der Waals surface area contributed by atoms with Gasteiger partial charge in [-0.15, -0.1) is 11.3 Å². The van der Waals surface area contributed by atoms with Crippen LogP contribution < -0.4 is 5.32 Å². The number of rotatable bonds is 8. The summed E-state index contributed by atoms with van der Waals surface area (Å²) in [6, 6.07) is 12.4. The average Bonchev–Trinajstić information content (AvgIpc) is 3.53. The Bertz CT molecular complexity index is 1190. The molecule has 4 aromatic rings. The van der Waals surface area contributed by atoms with Crippen LogP contribution in [0, 0.1) is 13.8 Å². The smallest absolute Gasteiger partial charge is 0.340 e. The molecule has 158 valence electrons. The third kappa shape index (κ3) is 4.44. The van der Waals surface area contributed by atoms with Gasteiger partial charge in [0.1, 0.15) is 5.76 Å². The molecule has 4 rings (SSSR count). The summed E-state index contributed by atoms with van der Waals surface area (Å²) in [7, 11) is 0. The van der Waals surface area contributed by atoms with E-state index < -0.39 is 5.97 Å². The van der Waals surface area contributed by atoms with Gasteiger partial charge in [0, 0.05) is 34.2 Å². The first-order valence-corrected chi connectivity index (χ1v) is 10.6. The van der Waals surface area contributed by atoms with Crippen molar-refractivity contribution in [2.24, 2.45) is 0 Å². The maximum Gasteiger partial charge on any atom is 0.340 e. The number of Topliss-reactive ketones (excluding diaryl/α,β-unsaturated/α-hetero) is 1. The number of benzene rings is 1. The van der Waals surface area contributed by atoms with E-state index in [9.17, 15) is 9.59 Å². The summed E-state index contributed by atoms with van der Waals surface area (Å²) in [6.07, 6.45) is 3.31. The summed E-state index contributed by atoms with van der Waals surface area (Å²) in [6.45, 7) is 3.86. The molecule has 8 heteroatoms. The van der Waals surface area contributed by atoms with Crippen LogP contribution in [0.1, 0.15) is 37.9 Å². The molecule has 7 nitrogen and oxygen atoms in total. The second-order valence-corrected chi connectivity index (χ2v) is 7.79. The second kappa shape index (κ2) is 9.01. The molecule has 0 aliphatic heterocycles. The first-order chi connectivity index (χ1) is 15.0. The van der Waals surface area contributed by atoms with Crippen LogP contribution in [0.3, 0.4) is 0 Å². The van der Waals surface area contributed by atoms with Gasteiger partial charge in [-0.1, -0.05) is 12.1 Å². The molecular formula is C23H21N3O4S. The lowest BCUT2D eigenvalue weighted by molar-refractivity contribution is 0.0475. The lowest BCUT2D eigenvalue weighted by Crippen LogP contribution is -2.16. The van der Waals surface area contributed by atoms with Crippen LogP contribution >= 0.6 is 11.3 Å². The Morgan fingerprint density at radius 2 is 2.00 bits per heavy atom. The fourth-order valence-electron chi connectivity index (χ4n) is 3.36. The summed E-state index contributed by atoms with van der Waals surface area (Å²) in [4.78, 5) is 29.7. The number of carbonyl (C=O) groups excluding carboxylic acids is 2. The number of ether oxygens (including phenoxy) is 1. The van der Waals surface area contributed by atoms with Crippen molar-refractivity contribution in [3.8, 4) is 5.13 Å². The monoisotopic (exact) mass is 435 g/mol. The van der Waals surface area contributed by atoms with Crippen molar-refractivity contribution < 1.29 is 18.7 Å². The molecule has 0 atom stereocenters. The summed E-state index contributed by atoms with van der Waals surface area (Å²) in [5.41, 5.74) is 3.15. The normalized spacial score (nSPS) is 10.8. The number of ketones is 1. The van der Waals surface area contributed by atoms with E-state index in [1.54, 1.807) is 42.8 Å². The predicted octanol–water partition coefficient (Wildman–Crippen LogP) is 4.80. The number of esters is 1. The third-order valence-corrected chi connectivity index (χ3v) is 5.61. The van der Waals surface area contributed by atoms with E-state index in [0.717, 1.165) is 22.3 Å². The predicted molar refractivity (Wildman–Crippen MR) is 118 cm³/mol. The van der Waals surface area contributed by atoms with Crippen LogP contribution in [0.5, 0.6) is 0 Å². The number of anilines is 1. The van der Waals surface area contributed by atoms with Gasteiger partial charge in [-0.05, 0) is 44.2 Å². The zero-order chi connectivity index (χ0) is 21.8. The molecular weight excluding hydrogens is 414 g/mol. The molecule has 3 aromatic heterocycles. The molecule has 1 aromatic carbocycles. The van der Waals surface area contributed by atoms with E-state index in [2.05, 4.69) is 10.3 Å². The van der Waals surface area contributed by atoms with Gasteiger partial charge in [0.2, 0.25) is 5.78 Å². The number of hydrogen-bond acceptors (Lipinski definition) is 7. The molecule has 0 bridgehead atoms. The van der Waals surface area contributed by atoms with E-state index >= 15 is 0 Å². The van der Waals surface area contributed by atoms with E-state index in [1.807, 2.05) is 35.9 Å². The summed E-state index contributed by atoms with van der Waals surface area (Å²) < 4.78 is 12.6. The molecule has 1 N–H and O–H groups in total. The zero-order valence-electron chi connectivity index (χ0n) is 17.1. The van der Waals surface area contributed by atoms with Crippen LogP contribution in [0.4, 0.5) is 5.69 Å². The summed E-state index contributed by atoms with van der Waals surface area (Å²) in [5, 5.41) is 5.84. The topological polar surface area (TPSA) is 86.4 Å². The lowest BCUT2D eigenvalue weighted by atomic mass is 10.1. The first-order valence-electron chi connectivity index (χ1n) is 9.69. The van der Waals surface area contributed by atoms with E-state index in [-0.39, 0.29) is 12.4 Å².